The van der Waals surface area contributed by atoms with Crippen LogP contribution in [0.2, 0.25) is 5.02 Å². The highest BCUT2D eigenvalue weighted by molar-refractivity contribution is 6.33. The number of hydrogen-bond acceptors (Lipinski definition) is 7. The van der Waals surface area contributed by atoms with Gasteiger partial charge in [0.15, 0.2) is 0 Å². The quantitative estimate of drug-likeness (QED) is 0.476. The Morgan fingerprint density at radius 2 is 2.10 bits per heavy atom. The summed E-state index contributed by atoms with van der Waals surface area (Å²) in [7, 11) is 0. The maximum atomic E-state index is 13.9. The third-order valence-corrected chi connectivity index (χ3v) is 4.43. The lowest BCUT2D eigenvalue weighted by Gasteiger charge is -2.22. The van der Waals surface area contributed by atoms with E-state index in [0.717, 1.165) is 6.42 Å². The van der Waals surface area contributed by atoms with Crippen molar-refractivity contribution >= 4 is 34.8 Å². The minimum atomic E-state index is -1.62. The Labute approximate surface area is 179 Å². The third kappa shape index (κ3) is 6.27. The number of carbonyl (C=O) groups is 1. The van der Waals surface area contributed by atoms with Gasteiger partial charge in [-0.1, -0.05) is 18.5 Å². The number of nitriles is 1. The number of anilines is 3. The third-order valence-electron chi connectivity index (χ3n) is 4.14. The summed E-state index contributed by atoms with van der Waals surface area (Å²) in [5.74, 6) is 0.172. The van der Waals surface area contributed by atoms with Gasteiger partial charge in [-0.25, -0.2) is 14.4 Å². The Kier molecular flexibility index (Phi) is 7.92. The average molecular weight is 435 g/mol. The summed E-state index contributed by atoms with van der Waals surface area (Å²) in [6.07, 6.45) is 1.93. The molecule has 0 aliphatic heterocycles. The Morgan fingerprint density at radius 1 is 1.37 bits per heavy atom. The first-order chi connectivity index (χ1) is 14.2. The van der Waals surface area contributed by atoms with Crippen LogP contribution in [0.3, 0.4) is 0 Å². The predicted molar refractivity (Wildman–Crippen MR) is 114 cm³/mol. The Hall–Kier alpha value is -2.96. The summed E-state index contributed by atoms with van der Waals surface area (Å²) in [5, 5.41) is 27.4. The fraction of sp³-hybridized carbons (Fsp3) is 0.400. The van der Waals surface area contributed by atoms with E-state index in [1.54, 1.807) is 6.07 Å². The summed E-state index contributed by atoms with van der Waals surface area (Å²) in [6.45, 7) is 4.92. The molecule has 1 atom stereocenters. The maximum absolute atomic E-state index is 13.9. The highest BCUT2D eigenvalue weighted by Crippen LogP contribution is 2.26. The van der Waals surface area contributed by atoms with E-state index >= 15 is 0 Å². The molecule has 1 amide bonds. The molecule has 160 valence electrons. The summed E-state index contributed by atoms with van der Waals surface area (Å²) >= 11 is 6.13. The normalized spacial score (nSPS) is 12.0. The van der Waals surface area contributed by atoms with Crippen LogP contribution in [0.5, 0.6) is 0 Å². The van der Waals surface area contributed by atoms with Gasteiger partial charge in [-0.15, -0.1) is 0 Å². The number of amides is 1. The van der Waals surface area contributed by atoms with Gasteiger partial charge in [0.25, 0.3) is 5.91 Å². The largest absolute Gasteiger partial charge is 0.387 e. The molecule has 2 heterocycles. The van der Waals surface area contributed by atoms with Gasteiger partial charge < -0.3 is 21.1 Å². The van der Waals surface area contributed by atoms with E-state index in [9.17, 15) is 14.3 Å². The molecule has 0 aliphatic rings. The summed E-state index contributed by atoms with van der Waals surface area (Å²) in [5.41, 5.74) is -0.505. The van der Waals surface area contributed by atoms with Gasteiger partial charge in [0.2, 0.25) is 0 Å². The van der Waals surface area contributed by atoms with Crippen molar-refractivity contribution in [2.45, 2.75) is 39.0 Å². The van der Waals surface area contributed by atoms with Crippen LogP contribution in [0.4, 0.5) is 21.7 Å². The molecule has 1 unspecified atom stereocenters. The molecule has 0 bridgehead atoms. The van der Waals surface area contributed by atoms with E-state index in [1.165, 1.54) is 32.3 Å². The van der Waals surface area contributed by atoms with Gasteiger partial charge in [-0.2, -0.15) is 5.26 Å². The summed E-state index contributed by atoms with van der Waals surface area (Å²) < 4.78 is 13.9. The molecule has 2 aromatic rings. The number of carbonyl (C=O) groups excluding carboxylic acids is 1. The van der Waals surface area contributed by atoms with Crippen molar-refractivity contribution in [2.24, 2.45) is 0 Å². The molecular formula is C20H24ClFN6O2. The minimum Gasteiger partial charge on any atom is -0.387 e. The number of halogens is 2. The molecule has 4 N–H and O–H groups in total. The second-order valence-corrected chi connectivity index (χ2v) is 7.57. The van der Waals surface area contributed by atoms with Crippen LogP contribution in [0.25, 0.3) is 0 Å². The van der Waals surface area contributed by atoms with Crippen molar-refractivity contribution in [1.82, 2.24) is 15.3 Å². The standard InChI is InChI=1S/C20H24ClFN6O2/c1-4-5-24-15-7-17(28-18-14(21)6-12(8-23)9-26-18)25-10-13(15)19(29)27-11-16(22)20(2,3)30/h6-7,9-10,16,30H,4-5,11H2,1-3H3,(H,27,29)(H2,24,25,26,28). The first kappa shape index (κ1) is 23.3. The molecule has 0 aliphatic carbocycles. The van der Waals surface area contributed by atoms with Crippen LogP contribution in [-0.4, -0.2) is 45.8 Å². The topological polar surface area (TPSA) is 123 Å². The van der Waals surface area contributed by atoms with Gasteiger partial charge in [-0.3, -0.25) is 4.79 Å². The zero-order chi connectivity index (χ0) is 22.3. The van der Waals surface area contributed by atoms with Crippen LogP contribution in [-0.2, 0) is 0 Å². The van der Waals surface area contributed by atoms with E-state index in [-0.39, 0.29) is 17.1 Å². The smallest absolute Gasteiger partial charge is 0.255 e. The van der Waals surface area contributed by atoms with Crippen LogP contribution in [0.1, 0.15) is 43.1 Å². The molecule has 0 saturated carbocycles. The van der Waals surface area contributed by atoms with Gasteiger partial charge in [-0.05, 0) is 26.3 Å². The second-order valence-electron chi connectivity index (χ2n) is 7.16. The Balaban J connectivity index is 2.22. The number of rotatable bonds is 9. The molecule has 8 nitrogen and oxygen atoms in total. The number of nitrogens with one attached hydrogen (secondary N) is 3. The van der Waals surface area contributed by atoms with Crippen molar-refractivity contribution in [1.29, 1.82) is 5.26 Å². The monoisotopic (exact) mass is 434 g/mol. The minimum absolute atomic E-state index is 0.232. The van der Waals surface area contributed by atoms with Crippen molar-refractivity contribution in [3.8, 4) is 6.07 Å². The Morgan fingerprint density at radius 3 is 2.70 bits per heavy atom. The molecule has 30 heavy (non-hydrogen) atoms. The zero-order valence-corrected chi connectivity index (χ0v) is 17.7. The molecule has 10 heteroatoms. The lowest BCUT2D eigenvalue weighted by atomic mass is 10.0. The van der Waals surface area contributed by atoms with Crippen LogP contribution < -0.4 is 16.0 Å². The van der Waals surface area contributed by atoms with Crippen LogP contribution >= 0.6 is 11.6 Å². The highest BCUT2D eigenvalue weighted by Gasteiger charge is 2.27. The van der Waals surface area contributed by atoms with Crippen molar-refractivity contribution in [3.63, 3.8) is 0 Å². The van der Waals surface area contributed by atoms with Gasteiger partial charge in [0.05, 0.1) is 34.0 Å². The summed E-state index contributed by atoms with van der Waals surface area (Å²) in [4.78, 5) is 20.8. The predicted octanol–water partition coefficient (Wildman–Crippen LogP) is 3.41. The molecule has 0 fully saturated rings. The van der Waals surface area contributed by atoms with Gasteiger partial charge in [0.1, 0.15) is 23.9 Å². The molecule has 0 radical (unpaired) electrons. The molecule has 2 rings (SSSR count). The first-order valence-corrected chi connectivity index (χ1v) is 9.74. The van der Waals surface area contributed by atoms with E-state index < -0.39 is 17.7 Å². The number of alkyl halides is 1. The fourth-order valence-electron chi connectivity index (χ4n) is 2.35. The number of aromatic nitrogens is 2. The van der Waals surface area contributed by atoms with E-state index in [4.69, 9.17) is 16.9 Å². The molecule has 0 saturated heterocycles. The van der Waals surface area contributed by atoms with Crippen molar-refractivity contribution in [2.75, 3.05) is 23.7 Å². The Bertz CT molecular complexity index is 942. The number of nitrogens with zero attached hydrogens (tertiary/aromatic N) is 3. The average Bonchev–Trinajstić information content (AvgIpc) is 2.71. The van der Waals surface area contributed by atoms with E-state index in [1.807, 2.05) is 13.0 Å². The molecule has 2 aromatic heterocycles. The van der Waals surface area contributed by atoms with Crippen LogP contribution in [0.15, 0.2) is 24.5 Å². The SMILES string of the molecule is CCCNc1cc(Nc2ncc(C#N)cc2Cl)ncc1C(=O)NCC(F)C(C)(C)O. The maximum Gasteiger partial charge on any atom is 0.255 e. The number of hydrogen-bond donors (Lipinski definition) is 4. The zero-order valence-electron chi connectivity index (χ0n) is 17.0. The molecule has 0 aromatic carbocycles. The van der Waals surface area contributed by atoms with Crippen molar-refractivity contribution < 1.29 is 14.3 Å². The van der Waals surface area contributed by atoms with Gasteiger partial charge >= 0.3 is 0 Å². The van der Waals surface area contributed by atoms with Crippen molar-refractivity contribution in [3.05, 3.63) is 40.7 Å². The summed E-state index contributed by atoms with van der Waals surface area (Å²) in [6, 6.07) is 5.04. The first-order valence-electron chi connectivity index (χ1n) is 9.37. The van der Waals surface area contributed by atoms with Gasteiger partial charge in [0, 0.05) is 25.0 Å². The molecular weight excluding hydrogens is 411 g/mol. The van der Waals surface area contributed by atoms with Crippen LogP contribution in [0, 0.1) is 11.3 Å². The lowest BCUT2D eigenvalue weighted by Crippen LogP contribution is -2.42. The highest BCUT2D eigenvalue weighted by atomic mass is 35.5. The van der Waals surface area contributed by atoms with E-state index in [0.29, 0.717) is 29.4 Å². The number of pyridine rings is 2. The fourth-order valence-corrected chi connectivity index (χ4v) is 2.56. The van der Waals surface area contributed by atoms with E-state index in [2.05, 4.69) is 25.9 Å². The lowest BCUT2D eigenvalue weighted by molar-refractivity contribution is -0.00177. The molecule has 0 spiro atoms. The number of aliphatic hydroxyl groups is 1. The second kappa shape index (κ2) is 10.2.